The van der Waals surface area contributed by atoms with Crippen molar-refractivity contribution in [2.24, 2.45) is 0 Å². The Labute approximate surface area is 89.6 Å². The predicted molar refractivity (Wildman–Crippen MR) is 55.3 cm³/mol. The highest BCUT2D eigenvalue weighted by Crippen LogP contribution is 2.17. The molecule has 0 aromatic carbocycles. The van der Waals surface area contributed by atoms with Crippen LogP contribution in [0.3, 0.4) is 0 Å². The number of nitrogens with one attached hydrogen (secondary N) is 2. The normalized spacial score (nSPS) is 22.1. The van der Waals surface area contributed by atoms with E-state index in [4.69, 9.17) is 4.74 Å². The Morgan fingerprint density at radius 1 is 1.53 bits per heavy atom. The van der Waals surface area contributed by atoms with Gasteiger partial charge in [-0.25, -0.2) is 0 Å². The molecule has 0 aliphatic carbocycles. The SMILES string of the molecule is CC(=O)OC(C)(C)C[C@H]1NCCNC1=O. The molecule has 5 nitrogen and oxygen atoms in total. The van der Waals surface area contributed by atoms with Crippen molar-refractivity contribution < 1.29 is 14.3 Å². The number of esters is 1. The monoisotopic (exact) mass is 214 g/mol. The number of hydrogen-bond acceptors (Lipinski definition) is 4. The van der Waals surface area contributed by atoms with Crippen LogP contribution in [-0.2, 0) is 14.3 Å². The molecular formula is C10H18N2O3. The van der Waals surface area contributed by atoms with E-state index in [1.165, 1.54) is 6.92 Å². The quantitative estimate of drug-likeness (QED) is 0.639. The van der Waals surface area contributed by atoms with E-state index in [1.54, 1.807) is 13.8 Å². The van der Waals surface area contributed by atoms with E-state index < -0.39 is 5.60 Å². The summed E-state index contributed by atoms with van der Waals surface area (Å²) < 4.78 is 5.13. The van der Waals surface area contributed by atoms with Crippen molar-refractivity contribution in [1.82, 2.24) is 10.6 Å². The predicted octanol–water partition coefficient (Wildman–Crippen LogP) is -0.194. The summed E-state index contributed by atoms with van der Waals surface area (Å²) in [5.41, 5.74) is -0.613. The van der Waals surface area contributed by atoms with Crippen molar-refractivity contribution in [1.29, 1.82) is 0 Å². The summed E-state index contributed by atoms with van der Waals surface area (Å²) in [5, 5.41) is 5.86. The third kappa shape index (κ3) is 3.87. The lowest BCUT2D eigenvalue weighted by Gasteiger charge is -2.31. The van der Waals surface area contributed by atoms with Crippen molar-refractivity contribution in [3.63, 3.8) is 0 Å². The molecule has 1 saturated heterocycles. The Hall–Kier alpha value is -1.10. The maximum atomic E-state index is 11.4. The summed E-state index contributed by atoms with van der Waals surface area (Å²) in [6.07, 6.45) is 0.485. The first-order chi connectivity index (χ1) is 6.91. The zero-order chi connectivity index (χ0) is 11.5. The van der Waals surface area contributed by atoms with Crippen LogP contribution in [0.2, 0.25) is 0 Å². The molecule has 1 atom stereocenters. The Morgan fingerprint density at radius 3 is 2.73 bits per heavy atom. The maximum absolute atomic E-state index is 11.4. The number of rotatable bonds is 3. The lowest BCUT2D eigenvalue weighted by atomic mass is 9.97. The molecule has 1 rings (SSSR count). The van der Waals surface area contributed by atoms with Crippen LogP contribution in [0.15, 0.2) is 0 Å². The topological polar surface area (TPSA) is 67.4 Å². The first kappa shape index (κ1) is 12.0. The third-order valence-electron chi connectivity index (χ3n) is 2.25. The van der Waals surface area contributed by atoms with Crippen LogP contribution < -0.4 is 10.6 Å². The second-order valence-electron chi connectivity index (χ2n) is 4.36. The van der Waals surface area contributed by atoms with Gasteiger partial charge in [-0.3, -0.25) is 9.59 Å². The summed E-state index contributed by atoms with van der Waals surface area (Å²) in [6, 6.07) is -0.270. The van der Waals surface area contributed by atoms with Crippen LogP contribution in [-0.4, -0.2) is 36.6 Å². The molecule has 1 aliphatic heterocycles. The Balaban J connectivity index is 2.51. The van der Waals surface area contributed by atoms with E-state index in [-0.39, 0.29) is 17.9 Å². The van der Waals surface area contributed by atoms with Gasteiger partial charge in [0.1, 0.15) is 5.60 Å². The molecule has 0 aromatic heterocycles. The van der Waals surface area contributed by atoms with Crippen LogP contribution in [0.25, 0.3) is 0 Å². The van der Waals surface area contributed by atoms with E-state index in [0.717, 1.165) is 6.54 Å². The molecule has 1 heterocycles. The van der Waals surface area contributed by atoms with Crippen LogP contribution >= 0.6 is 0 Å². The van der Waals surface area contributed by atoms with Gasteiger partial charge in [0, 0.05) is 26.4 Å². The first-order valence-electron chi connectivity index (χ1n) is 5.11. The van der Waals surface area contributed by atoms with Crippen molar-refractivity contribution in [2.45, 2.75) is 38.8 Å². The first-order valence-corrected chi connectivity index (χ1v) is 5.11. The summed E-state index contributed by atoms with van der Waals surface area (Å²) >= 11 is 0. The molecule has 0 unspecified atom stereocenters. The minimum Gasteiger partial charge on any atom is -0.460 e. The number of piperazine rings is 1. The van der Waals surface area contributed by atoms with Gasteiger partial charge in [0.25, 0.3) is 0 Å². The van der Waals surface area contributed by atoms with E-state index >= 15 is 0 Å². The summed E-state index contributed by atoms with van der Waals surface area (Å²) in [6.45, 7) is 6.39. The molecule has 1 aliphatic rings. The zero-order valence-corrected chi connectivity index (χ0v) is 9.42. The molecule has 86 valence electrons. The number of carbonyl (C=O) groups is 2. The van der Waals surface area contributed by atoms with Gasteiger partial charge < -0.3 is 15.4 Å². The third-order valence-corrected chi connectivity index (χ3v) is 2.25. The fourth-order valence-corrected chi connectivity index (χ4v) is 1.74. The van der Waals surface area contributed by atoms with Gasteiger partial charge in [-0.15, -0.1) is 0 Å². The van der Waals surface area contributed by atoms with Crippen LogP contribution in [0.4, 0.5) is 0 Å². The number of ether oxygens (including phenoxy) is 1. The zero-order valence-electron chi connectivity index (χ0n) is 9.42. The second kappa shape index (κ2) is 4.61. The van der Waals surface area contributed by atoms with E-state index in [1.807, 2.05) is 0 Å². The fourth-order valence-electron chi connectivity index (χ4n) is 1.74. The average molecular weight is 214 g/mol. The maximum Gasteiger partial charge on any atom is 0.303 e. The molecule has 15 heavy (non-hydrogen) atoms. The molecule has 2 N–H and O–H groups in total. The molecule has 0 saturated carbocycles. The van der Waals surface area contributed by atoms with Gasteiger partial charge in [0.2, 0.25) is 5.91 Å². The molecule has 1 amide bonds. The van der Waals surface area contributed by atoms with Gasteiger partial charge in [-0.2, -0.15) is 0 Å². The standard InChI is InChI=1S/C10H18N2O3/c1-7(13)15-10(2,3)6-8-9(14)12-5-4-11-8/h8,11H,4-6H2,1-3H3,(H,12,14)/t8-/m1/s1. The molecule has 0 aromatic rings. The Bertz CT molecular complexity index is 263. The average Bonchev–Trinajstić information content (AvgIpc) is 2.06. The van der Waals surface area contributed by atoms with Gasteiger partial charge in [-0.1, -0.05) is 0 Å². The van der Waals surface area contributed by atoms with Gasteiger partial charge in [0.05, 0.1) is 6.04 Å². The lowest BCUT2D eigenvalue weighted by Crippen LogP contribution is -2.55. The molecule has 0 spiro atoms. The van der Waals surface area contributed by atoms with Gasteiger partial charge >= 0.3 is 5.97 Å². The Morgan fingerprint density at radius 2 is 2.20 bits per heavy atom. The second-order valence-corrected chi connectivity index (χ2v) is 4.36. The highest BCUT2D eigenvalue weighted by atomic mass is 16.6. The number of hydrogen-bond donors (Lipinski definition) is 2. The highest BCUT2D eigenvalue weighted by molar-refractivity contribution is 5.82. The van der Waals surface area contributed by atoms with Gasteiger partial charge in [0.15, 0.2) is 0 Å². The highest BCUT2D eigenvalue weighted by Gasteiger charge is 2.31. The minimum absolute atomic E-state index is 0.0264. The molecule has 1 fully saturated rings. The summed E-state index contributed by atoms with van der Waals surface area (Å²) in [4.78, 5) is 22.3. The van der Waals surface area contributed by atoms with E-state index in [0.29, 0.717) is 13.0 Å². The lowest BCUT2D eigenvalue weighted by molar-refractivity contribution is -0.155. The molecular weight excluding hydrogens is 196 g/mol. The fraction of sp³-hybridized carbons (Fsp3) is 0.800. The van der Waals surface area contributed by atoms with Gasteiger partial charge in [-0.05, 0) is 13.8 Å². The van der Waals surface area contributed by atoms with Crippen LogP contribution in [0.1, 0.15) is 27.2 Å². The minimum atomic E-state index is -0.613. The summed E-state index contributed by atoms with van der Waals surface area (Å²) in [7, 11) is 0. The Kier molecular flexibility index (Phi) is 3.68. The molecule has 0 radical (unpaired) electrons. The number of amides is 1. The van der Waals surface area contributed by atoms with E-state index in [2.05, 4.69) is 10.6 Å². The summed E-state index contributed by atoms with van der Waals surface area (Å²) in [5.74, 6) is -0.349. The van der Waals surface area contributed by atoms with E-state index in [9.17, 15) is 9.59 Å². The van der Waals surface area contributed by atoms with Crippen molar-refractivity contribution in [3.05, 3.63) is 0 Å². The molecule has 5 heteroatoms. The smallest absolute Gasteiger partial charge is 0.303 e. The molecule has 0 bridgehead atoms. The van der Waals surface area contributed by atoms with Crippen LogP contribution in [0.5, 0.6) is 0 Å². The van der Waals surface area contributed by atoms with Crippen molar-refractivity contribution in [3.8, 4) is 0 Å². The number of carbonyl (C=O) groups excluding carboxylic acids is 2. The van der Waals surface area contributed by atoms with Crippen molar-refractivity contribution in [2.75, 3.05) is 13.1 Å². The van der Waals surface area contributed by atoms with Crippen molar-refractivity contribution >= 4 is 11.9 Å². The largest absolute Gasteiger partial charge is 0.460 e. The van der Waals surface area contributed by atoms with Crippen LogP contribution in [0, 0.1) is 0 Å².